The Balaban J connectivity index is 1.62. The molecule has 1 aliphatic heterocycles. The third-order valence-corrected chi connectivity index (χ3v) is 5.86. The highest BCUT2D eigenvalue weighted by atomic mass is 16.5. The van der Waals surface area contributed by atoms with Gasteiger partial charge in [-0.1, -0.05) is 6.58 Å². The first-order valence-corrected chi connectivity index (χ1v) is 11.9. The number of rotatable bonds is 11. The largest absolute Gasteiger partial charge is 0.390 e. The van der Waals surface area contributed by atoms with Crippen molar-refractivity contribution in [1.29, 1.82) is 0 Å². The number of nitrogens with one attached hydrogen (secondary N) is 1. The number of amidine groups is 1. The highest BCUT2D eigenvalue weighted by Crippen LogP contribution is 2.37. The van der Waals surface area contributed by atoms with Crippen molar-refractivity contribution in [3.8, 4) is 0 Å². The summed E-state index contributed by atoms with van der Waals surface area (Å²) in [5.74, 6) is 1.20. The lowest BCUT2D eigenvalue weighted by Crippen LogP contribution is -2.25. The zero-order valence-electron chi connectivity index (χ0n) is 20.5. The minimum absolute atomic E-state index is 0.478. The number of nitrogens with zero attached hydrogens (tertiary/aromatic N) is 6. The standard InChI is InChI=1S/C24H40N8O/c1-19-17-33-14-6-11-31(19)10-5-9-26-24(28-18-25)22(21-7-8-21)15-27-23-16-32(29-20(23)2)13-12-30(3)4/h15-16,18,21,27H,1,5-14,17H2,2-4H3,(H2,25,26,28). The smallest absolute Gasteiger partial charge is 0.153 e. The zero-order valence-corrected chi connectivity index (χ0v) is 20.5. The van der Waals surface area contributed by atoms with E-state index in [1.807, 2.05) is 17.8 Å². The molecule has 1 saturated carbocycles. The van der Waals surface area contributed by atoms with Gasteiger partial charge in [-0.15, -0.1) is 0 Å². The molecule has 1 saturated heterocycles. The van der Waals surface area contributed by atoms with E-state index in [9.17, 15) is 0 Å². The molecule has 1 aliphatic carbocycles. The van der Waals surface area contributed by atoms with E-state index in [1.54, 1.807) is 0 Å². The van der Waals surface area contributed by atoms with Crippen molar-refractivity contribution in [2.24, 2.45) is 21.6 Å². The van der Waals surface area contributed by atoms with Crippen LogP contribution in [0, 0.1) is 12.8 Å². The van der Waals surface area contributed by atoms with Gasteiger partial charge in [-0.3, -0.25) is 9.67 Å². The number of hydrogen-bond acceptors (Lipinski definition) is 6. The summed E-state index contributed by atoms with van der Waals surface area (Å²) in [4.78, 5) is 13.7. The maximum Gasteiger partial charge on any atom is 0.153 e. The molecule has 1 aromatic rings. The van der Waals surface area contributed by atoms with Crippen LogP contribution < -0.4 is 11.1 Å². The fourth-order valence-electron chi connectivity index (χ4n) is 3.78. The number of ether oxygens (including phenoxy) is 1. The normalized spacial score (nSPS) is 18.4. The summed E-state index contributed by atoms with van der Waals surface area (Å²) in [6.45, 7) is 12.0. The SMILES string of the molecule is C=C1COCCCN1CCCN=C(N=CN)C(=CNc1cn(CCN(C)C)nc1C)C1CC1. The van der Waals surface area contributed by atoms with E-state index in [4.69, 9.17) is 15.5 Å². The van der Waals surface area contributed by atoms with E-state index in [0.717, 1.165) is 87.0 Å². The predicted molar refractivity (Wildman–Crippen MR) is 136 cm³/mol. The maximum absolute atomic E-state index is 5.67. The fraction of sp³-hybridized carbons (Fsp3) is 0.625. The van der Waals surface area contributed by atoms with Gasteiger partial charge in [0.05, 0.1) is 30.9 Å². The molecule has 9 heteroatoms. The number of anilines is 1. The minimum atomic E-state index is 0.478. The van der Waals surface area contributed by atoms with E-state index in [-0.39, 0.29) is 0 Å². The molecule has 2 aliphatic rings. The molecule has 0 amide bonds. The van der Waals surface area contributed by atoms with Crippen molar-refractivity contribution in [3.63, 3.8) is 0 Å². The number of likely N-dealkylation sites (N-methyl/N-ethyl adjacent to an activating group) is 1. The van der Waals surface area contributed by atoms with E-state index < -0.39 is 0 Å². The van der Waals surface area contributed by atoms with Gasteiger partial charge in [0.15, 0.2) is 5.84 Å². The van der Waals surface area contributed by atoms with Crippen LogP contribution in [0.3, 0.4) is 0 Å². The minimum Gasteiger partial charge on any atom is -0.390 e. The van der Waals surface area contributed by atoms with Gasteiger partial charge in [0.25, 0.3) is 0 Å². The molecular formula is C24H40N8O. The molecule has 1 aromatic heterocycles. The number of hydrogen-bond donors (Lipinski definition) is 2. The van der Waals surface area contributed by atoms with Gasteiger partial charge in [0, 0.05) is 56.5 Å². The molecule has 2 fully saturated rings. The summed E-state index contributed by atoms with van der Waals surface area (Å²) in [5.41, 5.74) is 9.82. The topological polar surface area (TPSA) is 96.3 Å². The molecule has 33 heavy (non-hydrogen) atoms. The number of aliphatic imine (C=N–C) groups is 2. The van der Waals surface area contributed by atoms with Gasteiger partial charge in [-0.25, -0.2) is 4.99 Å². The second-order valence-corrected chi connectivity index (χ2v) is 9.01. The number of aromatic nitrogens is 2. The molecular weight excluding hydrogens is 416 g/mol. The first-order chi connectivity index (χ1) is 16.0. The Kier molecular flexibility index (Phi) is 9.50. The van der Waals surface area contributed by atoms with Gasteiger partial charge in [-0.05, 0) is 52.6 Å². The summed E-state index contributed by atoms with van der Waals surface area (Å²) in [6, 6.07) is 0. The van der Waals surface area contributed by atoms with Crippen molar-refractivity contribution < 1.29 is 4.74 Å². The summed E-state index contributed by atoms with van der Waals surface area (Å²) in [6.07, 6.45) is 9.72. The Morgan fingerprint density at radius 2 is 2.21 bits per heavy atom. The quantitative estimate of drug-likeness (QED) is 0.302. The van der Waals surface area contributed by atoms with Crippen LogP contribution in [0.2, 0.25) is 0 Å². The lowest BCUT2D eigenvalue weighted by molar-refractivity contribution is 0.161. The van der Waals surface area contributed by atoms with Crippen LogP contribution >= 0.6 is 0 Å². The van der Waals surface area contributed by atoms with Crippen molar-refractivity contribution in [1.82, 2.24) is 19.6 Å². The molecule has 0 radical (unpaired) electrons. The van der Waals surface area contributed by atoms with Crippen molar-refractivity contribution in [2.45, 2.75) is 39.2 Å². The highest BCUT2D eigenvalue weighted by molar-refractivity contribution is 6.03. The Morgan fingerprint density at radius 3 is 2.94 bits per heavy atom. The first kappa shape index (κ1) is 25.0. The van der Waals surface area contributed by atoms with Crippen LogP contribution in [0.4, 0.5) is 5.69 Å². The van der Waals surface area contributed by atoms with E-state index in [2.05, 4.69) is 52.1 Å². The lowest BCUT2D eigenvalue weighted by Gasteiger charge is -2.23. The molecule has 3 N–H and O–H groups in total. The van der Waals surface area contributed by atoms with E-state index in [1.165, 1.54) is 6.34 Å². The summed E-state index contributed by atoms with van der Waals surface area (Å²) >= 11 is 0. The number of aryl methyl sites for hydroxylation is 1. The Bertz CT molecular complexity index is 866. The summed E-state index contributed by atoms with van der Waals surface area (Å²) in [5, 5.41) is 8.07. The van der Waals surface area contributed by atoms with Gasteiger partial charge < -0.3 is 25.6 Å². The van der Waals surface area contributed by atoms with Crippen molar-refractivity contribution >= 4 is 17.9 Å². The fourth-order valence-corrected chi connectivity index (χ4v) is 3.78. The monoisotopic (exact) mass is 456 g/mol. The molecule has 0 spiro atoms. The Hall–Kier alpha value is -2.65. The lowest BCUT2D eigenvalue weighted by atomic mass is 10.1. The van der Waals surface area contributed by atoms with Crippen LogP contribution in [0.1, 0.15) is 31.4 Å². The third kappa shape index (κ3) is 8.01. The van der Waals surface area contributed by atoms with Crippen LogP contribution in [0.25, 0.3) is 0 Å². The molecule has 3 rings (SSSR count). The summed E-state index contributed by atoms with van der Waals surface area (Å²) < 4.78 is 7.53. The average Bonchev–Trinajstić information content (AvgIpc) is 3.58. The molecule has 0 bridgehead atoms. The third-order valence-electron chi connectivity index (χ3n) is 5.86. The van der Waals surface area contributed by atoms with Gasteiger partial charge in [0.1, 0.15) is 0 Å². The van der Waals surface area contributed by atoms with Crippen LogP contribution in [-0.2, 0) is 11.3 Å². The first-order valence-electron chi connectivity index (χ1n) is 11.9. The second kappa shape index (κ2) is 12.6. The average molecular weight is 457 g/mol. The Labute approximate surface area is 198 Å². The van der Waals surface area contributed by atoms with Gasteiger partial charge in [0.2, 0.25) is 0 Å². The van der Waals surface area contributed by atoms with Gasteiger partial charge in [-0.2, -0.15) is 5.10 Å². The maximum atomic E-state index is 5.67. The molecule has 182 valence electrons. The molecule has 2 heterocycles. The van der Waals surface area contributed by atoms with Crippen LogP contribution in [0.15, 0.2) is 40.2 Å². The van der Waals surface area contributed by atoms with Gasteiger partial charge >= 0.3 is 0 Å². The highest BCUT2D eigenvalue weighted by Gasteiger charge is 2.29. The second-order valence-electron chi connectivity index (χ2n) is 9.01. The van der Waals surface area contributed by atoms with E-state index >= 15 is 0 Å². The van der Waals surface area contributed by atoms with Crippen LogP contribution in [0.5, 0.6) is 0 Å². The predicted octanol–water partition coefficient (Wildman–Crippen LogP) is 2.47. The Morgan fingerprint density at radius 1 is 1.39 bits per heavy atom. The molecule has 0 atom stereocenters. The number of nitrogens with two attached hydrogens (primary N) is 1. The van der Waals surface area contributed by atoms with Crippen LogP contribution in [-0.4, -0.2) is 85.2 Å². The zero-order chi connectivity index (χ0) is 23.6. The molecule has 9 nitrogen and oxygen atoms in total. The van der Waals surface area contributed by atoms with Crippen molar-refractivity contribution in [3.05, 3.63) is 35.9 Å². The van der Waals surface area contributed by atoms with E-state index in [0.29, 0.717) is 19.1 Å². The van der Waals surface area contributed by atoms with Crippen molar-refractivity contribution in [2.75, 3.05) is 58.8 Å². The summed E-state index contributed by atoms with van der Waals surface area (Å²) in [7, 11) is 4.13. The molecule has 0 aromatic carbocycles. The molecule has 0 unspecified atom stereocenters.